The number of halogens is 1. The van der Waals surface area contributed by atoms with Gasteiger partial charge in [-0.1, -0.05) is 11.6 Å². The van der Waals surface area contributed by atoms with E-state index in [-0.39, 0.29) is 12.2 Å². The molecule has 1 amide bonds. The predicted octanol–water partition coefficient (Wildman–Crippen LogP) is 2.56. The largest absolute Gasteiger partial charge is 0.490 e. The second kappa shape index (κ2) is 5.27. The first-order valence-electron chi connectivity index (χ1n) is 5.53. The number of carbonyl (C=O) groups excluding carboxylic acids is 1. The van der Waals surface area contributed by atoms with Crippen molar-refractivity contribution >= 4 is 17.7 Å². The van der Waals surface area contributed by atoms with Gasteiger partial charge in [-0.25, -0.2) is 4.79 Å². The molecule has 0 radical (unpaired) electrons. The highest BCUT2D eigenvalue weighted by Crippen LogP contribution is 2.17. The minimum atomic E-state index is -0.266. The number of hydrogen-bond acceptors (Lipinski definition) is 3. The fourth-order valence-electron chi connectivity index (χ4n) is 1.64. The van der Waals surface area contributed by atoms with Crippen LogP contribution in [0.1, 0.15) is 6.92 Å². The Balaban J connectivity index is 1.83. The van der Waals surface area contributed by atoms with Crippen LogP contribution in [-0.4, -0.2) is 36.8 Å². The van der Waals surface area contributed by atoms with Crippen LogP contribution in [0.3, 0.4) is 0 Å². The van der Waals surface area contributed by atoms with Crippen molar-refractivity contribution in [2.75, 3.05) is 19.7 Å². The lowest BCUT2D eigenvalue weighted by atomic mass is 10.3. The summed E-state index contributed by atoms with van der Waals surface area (Å²) in [6.07, 6.45) is -0.463. The van der Waals surface area contributed by atoms with Gasteiger partial charge in [0.15, 0.2) is 6.10 Å². The number of cyclic esters (lactones) is 1. The average molecular weight is 256 g/mol. The van der Waals surface area contributed by atoms with Crippen molar-refractivity contribution in [2.24, 2.45) is 0 Å². The second-order valence-electron chi connectivity index (χ2n) is 3.81. The molecule has 1 aliphatic rings. The van der Waals surface area contributed by atoms with Crippen molar-refractivity contribution in [1.29, 1.82) is 0 Å². The number of benzene rings is 1. The van der Waals surface area contributed by atoms with E-state index in [1.807, 2.05) is 6.92 Å². The third-order valence-electron chi connectivity index (χ3n) is 2.58. The van der Waals surface area contributed by atoms with E-state index in [9.17, 15) is 4.79 Å². The molecule has 0 bridgehead atoms. The minimum Gasteiger partial charge on any atom is -0.490 e. The minimum absolute atomic E-state index is 0.196. The lowest BCUT2D eigenvalue weighted by Gasteiger charge is -2.10. The zero-order valence-electron chi connectivity index (χ0n) is 9.56. The van der Waals surface area contributed by atoms with Crippen molar-refractivity contribution in [3.05, 3.63) is 29.3 Å². The van der Waals surface area contributed by atoms with Crippen molar-refractivity contribution in [2.45, 2.75) is 13.0 Å². The molecule has 1 aromatic carbocycles. The van der Waals surface area contributed by atoms with Crippen LogP contribution in [0.2, 0.25) is 5.02 Å². The maximum Gasteiger partial charge on any atom is 0.410 e. The molecule has 1 heterocycles. The van der Waals surface area contributed by atoms with Gasteiger partial charge < -0.3 is 14.4 Å². The number of rotatable bonds is 4. The van der Waals surface area contributed by atoms with Gasteiger partial charge in [0.2, 0.25) is 0 Å². The van der Waals surface area contributed by atoms with Crippen LogP contribution in [0, 0.1) is 0 Å². The molecule has 2 rings (SSSR count). The Bertz CT molecular complexity index is 393. The fraction of sp³-hybridized carbons (Fsp3) is 0.417. The van der Waals surface area contributed by atoms with E-state index in [1.54, 1.807) is 29.2 Å². The zero-order chi connectivity index (χ0) is 12.3. The molecule has 0 spiro atoms. The molecule has 1 unspecified atom stereocenters. The molecule has 1 atom stereocenters. The smallest absolute Gasteiger partial charge is 0.410 e. The van der Waals surface area contributed by atoms with Crippen molar-refractivity contribution in [3.63, 3.8) is 0 Å². The molecule has 1 saturated heterocycles. The van der Waals surface area contributed by atoms with Gasteiger partial charge in [-0.15, -0.1) is 0 Å². The van der Waals surface area contributed by atoms with Crippen LogP contribution in [0.5, 0.6) is 5.75 Å². The Morgan fingerprint density at radius 1 is 1.47 bits per heavy atom. The SMILES string of the molecule is CCN1CC(COc2ccc(Cl)cc2)OC1=O. The Kier molecular flexibility index (Phi) is 3.74. The molecule has 0 aliphatic carbocycles. The molecule has 4 nitrogen and oxygen atoms in total. The van der Waals surface area contributed by atoms with E-state index < -0.39 is 0 Å². The number of amides is 1. The average Bonchev–Trinajstić information content (AvgIpc) is 2.69. The van der Waals surface area contributed by atoms with Crippen LogP contribution in [0.15, 0.2) is 24.3 Å². The zero-order valence-corrected chi connectivity index (χ0v) is 10.3. The summed E-state index contributed by atoms with van der Waals surface area (Å²) in [5, 5.41) is 0.668. The predicted molar refractivity (Wildman–Crippen MR) is 64.5 cm³/mol. The van der Waals surface area contributed by atoms with Crippen molar-refractivity contribution in [3.8, 4) is 5.75 Å². The molecule has 0 aromatic heterocycles. The van der Waals surface area contributed by atoms with E-state index >= 15 is 0 Å². The second-order valence-corrected chi connectivity index (χ2v) is 4.25. The monoisotopic (exact) mass is 255 g/mol. The highest BCUT2D eigenvalue weighted by molar-refractivity contribution is 6.30. The molecule has 1 aromatic rings. The van der Waals surface area contributed by atoms with Gasteiger partial charge in [-0.2, -0.15) is 0 Å². The lowest BCUT2D eigenvalue weighted by Crippen LogP contribution is -2.26. The first kappa shape index (κ1) is 12.0. The van der Waals surface area contributed by atoms with Gasteiger partial charge in [0.25, 0.3) is 0 Å². The standard InChI is InChI=1S/C12H14ClNO3/c1-2-14-7-11(17-12(14)15)8-16-10-5-3-9(13)4-6-10/h3-6,11H,2,7-8H2,1H3. The highest BCUT2D eigenvalue weighted by atomic mass is 35.5. The normalized spacial score (nSPS) is 19.3. The van der Waals surface area contributed by atoms with E-state index in [4.69, 9.17) is 21.1 Å². The molecular weight excluding hydrogens is 242 g/mol. The van der Waals surface area contributed by atoms with Gasteiger partial charge in [0, 0.05) is 11.6 Å². The maximum atomic E-state index is 11.3. The van der Waals surface area contributed by atoms with Crippen LogP contribution in [-0.2, 0) is 4.74 Å². The highest BCUT2D eigenvalue weighted by Gasteiger charge is 2.30. The maximum absolute atomic E-state index is 11.3. The summed E-state index contributed by atoms with van der Waals surface area (Å²) in [7, 11) is 0. The summed E-state index contributed by atoms with van der Waals surface area (Å²) in [5.41, 5.74) is 0. The first-order chi connectivity index (χ1) is 8.19. The number of ether oxygens (including phenoxy) is 2. The molecule has 0 saturated carbocycles. The summed E-state index contributed by atoms with van der Waals surface area (Å²) in [5.74, 6) is 0.723. The molecule has 92 valence electrons. The van der Waals surface area contributed by atoms with Gasteiger partial charge in [0.1, 0.15) is 12.4 Å². The quantitative estimate of drug-likeness (QED) is 0.830. The lowest BCUT2D eigenvalue weighted by molar-refractivity contribution is 0.103. The first-order valence-corrected chi connectivity index (χ1v) is 5.90. The molecule has 5 heteroatoms. The Hall–Kier alpha value is -1.42. The Labute approximate surface area is 105 Å². The summed E-state index contributed by atoms with van der Waals surface area (Å²) in [4.78, 5) is 13.0. The summed E-state index contributed by atoms with van der Waals surface area (Å²) in [6, 6.07) is 7.10. The van der Waals surface area contributed by atoms with Crippen molar-refractivity contribution < 1.29 is 14.3 Å². The Morgan fingerprint density at radius 2 is 2.18 bits per heavy atom. The molecule has 1 aliphatic heterocycles. The topological polar surface area (TPSA) is 38.8 Å². The van der Waals surface area contributed by atoms with E-state index in [2.05, 4.69) is 0 Å². The fourth-order valence-corrected chi connectivity index (χ4v) is 1.77. The van der Waals surface area contributed by atoms with Crippen LogP contribution in [0.25, 0.3) is 0 Å². The number of nitrogens with zero attached hydrogens (tertiary/aromatic N) is 1. The Morgan fingerprint density at radius 3 is 2.76 bits per heavy atom. The van der Waals surface area contributed by atoms with Gasteiger partial charge >= 0.3 is 6.09 Å². The van der Waals surface area contributed by atoms with Crippen LogP contribution in [0.4, 0.5) is 4.79 Å². The van der Waals surface area contributed by atoms with Crippen LogP contribution < -0.4 is 4.74 Å². The summed E-state index contributed by atoms with van der Waals surface area (Å²) in [6.45, 7) is 3.53. The third-order valence-corrected chi connectivity index (χ3v) is 2.83. The molecule has 1 fully saturated rings. The van der Waals surface area contributed by atoms with Crippen LogP contribution >= 0.6 is 11.6 Å². The molecule has 17 heavy (non-hydrogen) atoms. The third kappa shape index (κ3) is 3.03. The number of likely N-dealkylation sites (N-methyl/N-ethyl adjacent to an activating group) is 1. The van der Waals surface area contributed by atoms with E-state index in [0.717, 1.165) is 5.75 Å². The molecule has 0 N–H and O–H groups in total. The number of hydrogen-bond donors (Lipinski definition) is 0. The van der Waals surface area contributed by atoms with E-state index in [0.29, 0.717) is 24.7 Å². The van der Waals surface area contributed by atoms with Gasteiger partial charge in [-0.3, -0.25) is 0 Å². The van der Waals surface area contributed by atoms with E-state index in [1.165, 1.54) is 0 Å². The molecular formula is C12H14ClNO3. The van der Waals surface area contributed by atoms with Gasteiger partial charge in [-0.05, 0) is 31.2 Å². The summed E-state index contributed by atoms with van der Waals surface area (Å²) < 4.78 is 10.7. The van der Waals surface area contributed by atoms with Gasteiger partial charge in [0.05, 0.1) is 6.54 Å². The van der Waals surface area contributed by atoms with Crippen molar-refractivity contribution in [1.82, 2.24) is 4.90 Å². The number of carbonyl (C=O) groups is 1. The summed E-state index contributed by atoms with van der Waals surface area (Å²) >= 11 is 5.76.